The van der Waals surface area contributed by atoms with Crippen molar-refractivity contribution in [2.75, 3.05) is 5.73 Å². The fourth-order valence-electron chi connectivity index (χ4n) is 1.47. The van der Waals surface area contributed by atoms with E-state index in [2.05, 4.69) is 0 Å². The van der Waals surface area contributed by atoms with E-state index in [4.69, 9.17) is 10.8 Å². The van der Waals surface area contributed by atoms with Gasteiger partial charge in [0.15, 0.2) is 5.78 Å². The number of Topliss-reactive ketones (excluding diaryl/α,β-unsaturated/α-hetero) is 1. The molecule has 1 aromatic rings. The SMILES string of the molecule is CCCCC(=O)c1cccc(C(=O)O)c1N. The molecule has 0 aliphatic rings. The minimum absolute atomic E-state index is 0.0117. The van der Waals surface area contributed by atoms with Crippen molar-refractivity contribution in [2.24, 2.45) is 0 Å². The van der Waals surface area contributed by atoms with Crippen LogP contribution in [-0.4, -0.2) is 16.9 Å². The molecule has 1 rings (SSSR count). The lowest BCUT2D eigenvalue weighted by Crippen LogP contribution is -2.09. The molecule has 4 nitrogen and oxygen atoms in total. The van der Waals surface area contributed by atoms with Crippen molar-refractivity contribution in [3.63, 3.8) is 0 Å². The van der Waals surface area contributed by atoms with Gasteiger partial charge in [-0.25, -0.2) is 4.79 Å². The van der Waals surface area contributed by atoms with Crippen molar-refractivity contribution in [1.29, 1.82) is 0 Å². The van der Waals surface area contributed by atoms with Gasteiger partial charge < -0.3 is 10.8 Å². The van der Waals surface area contributed by atoms with Crippen LogP contribution in [0.4, 0.5) is 5.69 Å². The zero-order valence-electron chi connectivity index (χ0n) is 9.19. The predicted octanol–water partition coefficient (Wildman–Crippen LogP) is 2.34. The number of carbonyl (C=O) groups excluding carboxylic acids is 1. The summed E-state index contributed by atoms with van der Waals surface area (Å²) >= 11 is 0. The van der Waals surface area contributed by atoms with Gasteiger partial charge in [0, 0.05) is 12.0 Å². The molecule has 0 unspecified atom stereocenters. The molecule has 4 heteroatoms. The summed E-state index contributed by atoms with van der Waals surface area (Å²) in [4.78, 5) is 22.5. The van der Waals surface area contributed by atoms with E-state index >= 15 is 0 Å². The fourth-order valence-corrected chi connectivity index (χ4v) is 1.47. The summed E-state index contributed by atoms with van der Waals surface area (Å²) in [5, 5.41) is 8.86. The highest BCUT2D eigenvalue weighted by atomic mass is 16.4. The zero-order valence-corrected chi connectivity index (χ0v) is 9.19. The first-order chi connectivity index (χ1) is 7.57. The van der Waals surface area contributed by atoms with Crippen LogP contribution in [0.5, 0.6) is 0 Å². The molecule has 0 aliphatic heterocycles. The molecule has 0 aromatic heterocycles. The molecule has 1 aromatic carbocycles. The number of carbonyl (C=O) groups is 2. The molecule has 0 fully saturated rings. The largest absolute Gasteiger partial charge is 0.478 e. The maximum Gasteiger partial charge on any atom is 0.337 e. The van der Waals surface area contributed by atoms with Crippen LogP contribution in [0.25, 0.3) is 0 Å². The van der Waals surface area contributed by atoms with Crippen LogP contribution in [0, 0.1) is 0 Å². The van der Waals surface area contributed by atoms with Crippen molar-refractivity contribution in [3.05, 3.63) is 29.3 Å². The van der Waals surface area contributed by atoms with Crippen molar-refractivity contribution < 1.29 is 14.7 Å². The summed E-state index contributed by atoms with van der Waals surface area (Å²) < 4.78 is 0. The van der Waals surface area contributed by atoms with Crippen LogP contribution >= 0.6 is 0 Å². The Balaban J connectivity index is 3.01. The lowest BCUT2D eigenvalue weighted by Gasteiger charge is -2.06. The van der Waals surface area contributed by atoms with Gasteiger partial charge in [0.2, 0.25) is 0 Å². The molecule has 0 spiro atoms. The van der Waals surface area contributed by atoms with E-state index in [1.54, 1.807) is 12.1 Å². The average Bonchev–Trinajstić information content (AvgIpc) is 2.25. The first-order valence-corrected chi connectivity index (χ1v) is 5.23. The molecule has 0 amide bonds. The minimum atomic E-state index is -1.11. The maximum absolute atomic E-state index is 11.7. The fraction of sp³-hybridized carbons (Fsp3) is 0.333. The number of carboxylic acids is 1. The van der Waals surface area contributed by atoms with Gasteiger partial charge in [-0.3, -0.25) is 4.79 Å². The Morgan fingerprint density at radius 3 is 2.50 bits per heavy atom. The maximum atomic E-state index is 11.7. The third-order valence-electron chi connectivity index (χ3n) is 2.39. The number of para-hydroxylation sites is 1. The molecule has 16 heavy (non-hydrogen) atoms. The third kappa shape index (κ3) is 2.59. The van der Waals surface area contributed by atoms with Gasteiger partial charge in [0.25, 0.3) is 0 Å². The number of hydrogen-bond donors (Lipinski definition) is 2. The van der Waals surface area contributed by atoms with E-state index in [1.165, 1.54) is 6.07 Å². The number of unbranched alkanes of at least 4 members (excludes halogenated alkanes) is 1. The second kappa shape index (κ2) is 5.30. The van der Waals surface area contributed by atoms with Crippen molar-refractivity contribution >= 4 is 17.4 Å². The highest BCUT2D eigenvalue weighted by Gasteiger charge is 2.15. The Bertz CT molecular complexity index is 413. The van der Waals surface area contributed by atoms with Crippen LogP contribution in [0.3, 0.4) is 0 Å². The Labute approximate surface area is 94.1 Å². The number of nitrogens with two attached hydrogens (primary N) is 1. The monoisotopic (exact) mass is 221 g/mol. The number of carboxylic acid groups (broad SMARTS) is 1. The highest BCUT2D eigenvalue weighted by molar-refractivity contribution is 6.06. The summed E-state index contributed by atoms with van der Waals surface area (Å²) in [6.45, 7) is 1.99. The van der Waals surface area contributed by atoms with E-state index in [0.29, 0.717) is 12.0 Å². The zero-order chi connectivity index (χ0) is 12.1. The summed E-state index contributed by atoms with van der Waals surface area (Å²) in [5.41, 5.74) is 6.02. The summed E-state index contributed by atoms with van der Waals surface area (Å²) in [6, 6.07) is 4.51. The van der Waals surface area contributed by atoms with Gasteiger partial charge in [0.1, 0.15) is 0 Å². The third-order valence-corrected chi connectivity index (χ3v) is 2.39. The summed E-state index contributed by atoms with van der Waals surface area (Å²) in [6.07, 6.45) is 2.11. The van der Waals surface area contributed by atoms with Gasteiger partial charge in [-0.1, -0.05) is 19.4 Å². The average molecular weight is 221 g/mol. The van der Waals surface area contributed by atoms with E-state index in [9.17, 15) is 9.59 Å². The first kappa shape index (κ1) is 12.2. The van der Waals surface area contributed by atoms with Crippen LogP contribution in [0.15, 0.2) is 18.2 Å². The quantitative estimate of drug-likeness (QED) is 0.590. The van der Waals surface area contributed by atoms with Crippen LogP contribution in [0.2, 0.25) is 0 Å². The molecular formula is C12H15NO3. The number of aromatic carboxylic acids is 1. The molecule has 86 valence electrons. The predicted molar refractivity (Wildman–Crippen MR) is 61.7 cm³/mol. The van der Waals surface area contributed by atoms with Crippen molar-refractivity contribution in [1.82, 2.24) is 0 Å². The normalized spacial score (nSPS) is 10.1. The summed E-state index contributed by atoms with van der Waals surface area (Å²) in [7, 11) is 0. The van der Waals surface area contributed by atoms with E-state index in [-0.39, 0.29) is 17.0 Å². The van der Waals surface area contributed by atoms with Gasteiger partial charge in [-0.2, -0.15) is 0 Å². The minimum Gasteiger partial charge on any atom is -0.478 e. The molecule has 0 atom stereocenters. The first-order valence-electron chi connectivity index (χ1n) is 5.23. The smallest absolute Gasteiger partial charge is 0.337 e. The van der Waals surface area contributed by atoms with Crippen LogP contribution in [0.1, 0.15) is 46.9 Å². The topological polar surface area (TPSA) is 80.4 Å². The number of ketones is 1. The molecule has 0 bridgehead atoms. The van der Waals surface area contributed by atoms with Crippen LogP contribution in [-0.2, 0) is 0 Å². The Hall–Kier alpha value is -1.84. The number of benzene rings is 1. The molecule has 0 saturated heterocycles. The van der Waals surface area contributed by atoms with Gasteiger partial charge in [-0.05, 0) is 18.6 Å². The molecule has 0 aliphatic carbocycles. The molecular weight excluding hydrogens is 206 g/mol. The van der Waals surface area contributed by atoms with Gasteiger partial charge in [0.05, 0.1) is 11.3 Å². The lowest BCUT2D eigenvalue weighted by atomic mass is 10.0. The Kier molecular flexibility index (Phi) is 4.05. The van der Waals surface area contributed by atoms with Crippen LogP contribution < -0.4 is 5.73 Å². The molecule has 0 heterocycles. The second-order valence-electron chi connectivity index (χ2n) is 3.60. The van der Waals surface area contributed by atoms with Gasteiger partial charge >= 0.3 is 5.97 Å². The Morgan fingerprint density at radius 2 is 1.94 bits per heavy atom. The summed E-state index contributed by atoms with van der Waals surface area (Å²) in [5.74, 6) is -1.20. The van der Waals surface area contributed by atoms with Crippen molar-refractivity contribution in [2.45, 2.75) is 26.2 Å². The van der Waals surface area contributed by atoms with E-state index < -0.39 is 5.97 Å². The van der Waals surface area contributed by atoms with Crippen molar-refractivity contribution in [3.8, 4) is 0 Å². The number of nitrogen functional groups attached to an aromatic ring is 1. The standard InChI is InChI=1S/C12H15NO3/c1-2-3-7-10(14)8-5-4-6-9(11(8)13)12(15)16/h4-6H,2-3,7,13H2,1H3,(H,15,16). The van der Waals surface area contributed by atoms with Gasteiger partial charge in [-0.15, -0.1) is 0 Å². The van der Waals surface area contributed by atoms with E-state index in [1.807, 2.05) is 6.92 Å². The molecule has 0 saturated carbocycles. The Morgan fingerprint density at radius 1 is 1.31 bits per heavy atom. The lowest BCUT2D eigenvalue weighted by molar-refractivity contribution is 0.0698. The highest BCUT2D eigenvalue weighted by Crippen LogP contribution is 2.19. The number of hydrogen-bond acceptors (Lipinski definition) is 3. The number of anilines is 1. The number of rotatable bonds is 5. The van der Waals surface area contributed by atoms with E-state index in [0.717, 1.165) is 12.8 Å². The molecule has 0 radical (unpaired) electrons. The molecule has 3 N–H and O–H groups in total. The second-order valence-corrected chi connectivity index (χ2v) is 3.60.